The molecule has 3 nitrogen and oxygen atoms in total. The lowest BCUT2D eigenvalue weighted by Gasteiger charge is -2.12. The SMILES string of the molecule is C1=CC(c2nc3ccccc3c3c2c(-c2ccccc2)nn3-c2ccccc2)C=C1. The Balaban J connectivity index is 1.81. The molecule has 1 aliphatic rings. The molecule has 3 aromatic carbocycles. The smallest absolute Gasteiger partial charge is 0.102 e. The molecule has 142 valence electrons. The highest BCUT2D eigenvalue weighted by atomic mass is 15.3. The topological polar surface area (TPSA) is 30.7 Å². The first kappa shape index (κ1) is 16.9. The summed E-state index contributed by atoms with van der Waals surface area (Å²) in [5.41, 5.74) is 6.26. The zero-order chi connectivity index (χ0) is 19.9. The second kappa shape index (κ2) is 6.82. The first-order valence-corrected chi connectivity index (χ1v) is 10.2. The van der Waals surface area contributed by atoms with Crippen molar-refractivity contribution in [3.8, 4) is 16.9 Å². The van der Waals surface area contributed by atoms with Gasteiger partial charge in [-0.2, -0.15) is 5.10 Å². The van der Waals surface area contributed by atoms with Crippen molar-refractivity contribution in [1.29, 1.82) is 0 Å². The Kier molecular flexibility index (Phi) is 3.85. The van der Waals surface area contributed by atoms with E-state index < -0.39 is 0 Å². The fourth-order valence-electron chi connectivity index (χ4n) is 4.28. The summed E-state index contributed by atoms with van der Waals surface area (Å²) in [6.07, 6.45) is 8.59. The fraction of sp³-hybridized carbons (Fsp3) is 0.0370. The van der Waals surface area contributed by atoms with Gasteiger partial charge in [-0.25, -0.2) is 4.68 Å². The average molecular weight is 385 g/mol. The van der Waals surface area contributed by atoms with Crippen molar-refractivity contribution in [1.82, 2.24) is 14.8 Å². The Morgan fingerprint density at radius 2 is 1.37 bits per heavy atom. The zero-order valence-corrected chi connectivity index (χ0v) is 16.3. The number of benzene rings is 3. The van der Waals surface area contributed by atoms with E-state index in [1.807, 2.05) is 18.2 Å². The van der Waals surface area contributed by atoms with Crippen LogP contribution in [0, 0.1) is 0 Å². The third kappa shape index (κ3) is 2.60. The number of allylic oxidation sites excluding steroid dienone is 4. The van der Waals surface area contributed by atoms with Gasteiger partial charge < -0.3 is 0 Å². The quantitative estimate of drug-likeness (QED) is 0.357. The molecule has 2 aromatic heterocycles. The minimum absolute atomic E-state index is 0.146. The van der Waals surface area contributed by atoms with Gasteiger partial charge in [-0.1, -0.05) is 91.0 Å². The summed E-state index contributed by atoms with van der Waals surface area (Å²) in [6.45, 7) is 0. The third-order valence-corrected chi connectivity index (χ3v) is 5.65. The molecule has 0 bridgehead atoms. The Morgan fingerprint density at radius 1 is 0.700 bits per heavy atom. The summed E-state index contributed by atoms with van der Waals surface area (Å²) in [4.78, 5) is 5.12. The van der Waals surface area contributed by atoms with Crippen LogP contribution in [-0.2, 0) is 0 Å². The van der Waals surface area contributed by atoms with E-state index >= 15 is 0 Å². The summed E-state index contributed by atoms with van der Waals surface area (Å²) in [6, 6.07) is 29.1. The van der Waals surface area contributed by atoms with Crippen LogP contribution in [0.25, 0.3) is 38.8 Å². The Hall–Kier alpha value is -3.98. The van der Waals surface area contributed by atoms with Crippen molar-refractivity contribution >= 4 is 21.8 Å². The van der Waals surface area contributed by atoms with Gasteiger partial charge in [0.25, 0.3) is 0 Å². The van der Waals surface area contributed by atoms with Gasteiger partial charge in [0.05, 0.1) is 27.8 Å². The predicted octanol–water partition coefficient (Wildman–Crippen LogP) is 6.45. The summed E-state index contributed by atoms with van der Waals surface area (Å²) in [5.74, 6) is 0.146. The molecule has 0 amide bonds. The van der Waals surface area contributed by atoms with Crippen LogP contribution in [0.15, 0.2) is 109 Å². The van der Waals surface area contributed by atoms with Crippen molar-refractivity contribution < 1.29 is 0 Å². The molecule has 3 heteroatoms. The normalized spacial score (nSPS) is 13.6. The number of fused-ring (bicyclic) bond motifs is 3. The minimum Gasteiger partial charge on any atom is -0.251 e. The second-order valence-electron chi connectivity index (χ2n) is 7.50. The van der Waals surface area contributed by atoms with Gasteiger partial charge in [0.15, 0.2) is 0 Å². The van der Waals surface area contributed by atoms with Gasteiger partial charge in [0.1, 0.15) is 5.69 Å². The van der Waals surface area contributed by atoms with Crippen LogP contribution >= 0.6 is 0 Å². The van der Waals surface area contributed by atoms with Gasteiger partial charge in [-0.15, -0.1) is 0 Å². The predicted molar refractivity (Wildman–Crippen MR) is 123 cm³/mol. The van der Waals surface area contributed by atoms with E-state index in [2.05, 4.69) is 95.7 Å². The van der Waals surface area contributed by atoms with Crippen molar-refractivity contribution in [2.24, 2.45) is 0 Å². The fourth-order valence-corrected chi connectivity index (χ4v) is 4.28. The Bertz CT molecular complexity index is 1420. The molecule has 0 spiro atoms. The summed E-state index contributed by atoms with van der Waals surface area (Å²) < 4.78 is 2.08. The Labute approximate surface area is 174 Å². The highest BCUT2D eigenvalue weighted by Gasteiger charge is 2.24. The molecule has 0 saturated carbocycles. The maximum atomic E-state index is 5.14. The lowest BCUT2D eigenvalue weighted by Crippen LogP contribution is -1.99. The highest BCUT2D eigenvalue weighted by Crippen LogP contribution is 2.39. The molecule has 0 unspecified atom stereocenters. The largest absolute Gasteiger partial charge is 0.251 e. The highest BCUT2D eigenvalue weighted by molar-refractivity contribution is 6.10. The molecular formula is C27H19N3. The number of hydrogen-bond donors (Lipinski definition) is 0. The monoisotopic (exact) mass is 385 g/mol. The molecule has 1 aliphatic carbocycles. The number of nitrogens with zero attached hydrogens (tertiary/aromatic N) is 3. The molecule has 0 fully saturated rings. The maximum Gasteiger partial charge on any atom is 0.102 e. The molecule has 0 aliphatic heterocycles. The summed E-state index contributed by atoms with van der Waals surface area (Å²) in [5, 5.41) is 7.37. The van der Waals surface area contributed by atoms with Crippen LogP contribution < -0.4 is 0 Å². The number of rotatable bonds is 3. The first-order chi connectivity index (χ1) is 14.9. The first-order valence-electron chi connectivity index (χ1n) is 10.2. The molecule has 0 saturated heterocycles. The van der Waals surface area contributed by atoms with Crippen LogP contribution in [0.5, 0.6) is 0 Å². The lowest BCUT2D eigenvalue weighted by atomic mass is 9.97. The lowest BCUT2D eigenvalue weighted by molar-refractivity contribution is 0.917. The second-order valence-corrected chi connectivity index (χ2v) is 7.50. The Morgan fingerprint density at radius 3 is 2.13 bits per heavy atom. The van der Waals surface area contributed by atoms with Crippen LogP contribution in [0.1, 0.15) is 11.6 Å². The average Bonchev–Trinajstić information content (AvgIpc) is 3.49. The minimum atomic E-state index is 0.146. The van der Waals surface area contributed by atoms with Gasteiger partial charge in [-0.05, 0) is 18.2 Å². The summed E-state index contributed by atoms with van der Waals surface area (Å²) in [7, 11) is 0. The van der Waals surface area contributed by atoms with E-state index in [0.29, 0.717) is 0 Å². The van der Waals surface area contributed by atoms with E-state index in [1.54, 1.807) is 0 Å². The molecule has 0 N–H and O–H groups in total. The van der Waals surface area contributed by atoms with Crippen LogP contribution in [0.3, 0.4) is 0 Å². The molecule has 6 rings (SSSR count). The molecule has 5 aromatic rings. The molecule has 30 heavy (non-hydrogen) atoms. The standard InChI is InChI=1S/C27H19N3/c1-3-11-20(12-4-1)26-24-25(19-13-7-8-14-19)28-23-18-10-9-17-22(23)27(24)30(29-26)21-15-5-2-6-16-21/h1-19H. The number of hydrogen-bond acceptors (Lipinski definition) is 2. The van der Waals surface area contributed by atoms with Gasteiger partial charge >= 0.3 is 0 Å². The molecule has 0 radical (unpaired) electrons. The maximum absolute atomic E-state index is 5.14. The van der Waals surface area contributed by atoms with Gasteiger partial charge in [-0.3, -0.25) is 4.98 Å². The number of pyridine rings is 1. The molecule has 2 heterocycles. The van der Waals surface area contributed by atoms with Crippen molar-refractivity contribution in [3.63, 3.8) is 0 Å². The van der Waals surface area contributed by atoms with E-state index in [0.717, 1.165) is 44.4 Å². The third-order valence-electron chi connectivity index (χ3n) is 5.65. The summed E-state index contributed by atoms with van der Waals surface area (Å²) >= 11 is 0. The number of aromatic nitrogens is 3. The van der Waals surface area contributed by atoms with Crippen molar-refractivity contribution in [2.75, 3.05) is 0 Å². The van der Waals surface area contributed by atoms with E-state index in [4.69, 9.17) is 10.1 Å². The molecular weight excluding hydrogens is 366 g/mol. The van der Waals surface area contributed by atoms with E-state index in [9.17, 15) is 0 Å². The van der Waals surface area contributed by atoms with Crippen molar-refractivity contribution in [2.45, 2.75) is 5.92 Å². The van der Waals surface area contributed by atoms with Crippen LogP contribution in [0.4, 0.5) is 0 Å². The van der Waals surface area contributed by atoms with E-state index in [1.165, 1.54) is 0 Å². The van der Waals surface area contributed by atoms with Gasteiger partial charge in [0, 0.05) is 16.9 Å². The van der Waals surface area contributed by atoms with Gasteiger partial charge in [0.2, 0.25) is 0 Å². The van der Waals surface area contributed by atoms with E-state index in [-0.39, 0.29) is 5.92 Å². The zero-order valence-electron chi connectivity index (χ0n) is 16.3. The van der Waals surface area contributed by atoms with Crippen molar-refractivity contribution in [3.05, 3.63) is 115 Å². The van der Waals surface area contributed by atoms with Crippen LogP contribution in [0.2, 0.25) is 0 Å². The number of para-hydroxylation sites is 2. The molecule has 0 atom stereocenters. The van der Waals surface area contributed by atoms with Crippen LogP contribution in [-0.4, -0.2) is 14.8 Å².